The summed E-state index contributed by atoms with van der Waals surface area (Å²) in [5.41, 5.74) is 2.77. The molecule has 0 radical (unpaired) electrons. The minimum Gasteiger partial charge on any atom is -0.488 e. The van der Waals surface area contributed by atoms with Gasteiger partial charge in [-0.1, -0.05) is 12.1 Å². The third kappa shape index (κ3) is 2.45. The summed E-state index contributed by atoms with van der Waals surface area (Å²) in [5.74, 6) is 1.05. The van der Waals surface area contributed by atoms with Crippen LogP contribution < -0.4 is 10.1 Å². The van der Waals surface area contributed by atoms with Crippen LogP contribution in [0.4, 0.5) is 0 Å². The standard InChI is InChI=1S/C14H19NO2/c1-3-11-6-7-15-9-13(11)14(5-1)17-12-4-2-8-16-10-12/h1,3,5,12,15H,2,4,6-10H2. The number of fused-ring (bicyclic) bond motifs is 1. The molecule has 1 unspecified atom stereocenters. The van der Waals surface area contributed by atoms with Crippen LogP contribution in [0.2, 0.25) is 0 Å². The molecule has 0 bridgehead atoms. The molecule has 1 aromatic carbocycles. The van der Waals surface area contributed by atoms with Crippen molar-refractivity contribution in [2.24, 2.45) is 0 Å². The van der Waals surface area contributed by atoms with Gasteiger partial charge in [0.15, 0.2) is 0 Å². The number of hydrogen-bond donors (Lipinski definition) is 1. The summed E-state index contributed by atoms with van der Waals surface area (Å²) in [5, 5.41) is 3.41. The third-order valence-corrected chi connectivity index (χ3v) is 3.52. The van der Waals surface area contributed by atoms with Crippen molar-refractivity contribution in [3.8, 4) is 5.75 Å². The maximum absolute atomic E-state index is 6.09. The molecule has 0 aliphatic carbocycles. The number of ether oxygens (including phenoxy) is 2. The summed E-state index contributed by atoms with van der Waals surface area (Å²) in [7, 11) is 0. The summed E-state index contributed by atoms with van der Waals surface area (Å²) in [6, 6.07) is 6.39. The van der Waals surface area contributed by atoms with E-state index in [2.05, 4.69) is 23.5 Å². The first-order chi connectivity index (χ1) is 8.43. The maximum atomic E-state index is 6.09. The highest BCUT2D eigenvalue weighted by molar-refractivity contribution is 5.41. The van der Waals surface area contributed by atoms with Crippen LogP contribution in [0.3, 0.4) is 0 Å². The average Bonchev–Trinajstić information content (AvgIpc) is 2.40. The van der Waals surface area contributed by atoms with Gasteiger partial charge in [-0.15, -0.1) is 0 Å². The van der Waals surface area contributed by atoms with Gasteiger partial charge in [-0.2, -0.15) is 0 Å². The number of nitrogens with one attached hydrogen (secondary N) is 1. The van der Waals surface area contributed by atoms with Crippen molar-refractivity contribution < 1.29 is 9.47 Å². The maximum Gasteiger partial charge on any atom is 0.124 e. The van der Waals surface area contributed by atoms with Gasteiger partial charge >= 0.3 is 0 Å². The second-order valence-corrected chi connectivity index (χ2v) is 4.78. The van der Waals surface area contributed by atoms with Crippen molar-refractivity contribution in [2.75, 3.05) is 19.8 Å². The topological polar surface area (TPSA) is 30.5 Å². The van der Waals surface area contributed by atoms with E-state index in [1.54, 1.807) is 0 Å². The summed E-state index contributed by atoms with van der Waals surface area (Å²) in [4.78, 5) is 0. The molecule has 2 aliphatic rings. The van der Waals surface area contributed by atoms with Gasteiger partial charge in [0.25, 0.3) is 0 Å². The molecular formula is C14H19NO2. The van der Waals surface area contributed by atoms with Crippen LogP contribution in [0, 0.1) is 0 Å². The molecule has 3 nitrogen and oxygen atoms in total. The van der Waals surface area contributed by atoms with Gasteiger partial charge in [-0.25, -0.2) is 0 Å². The van der Waals surface area contributed by atoms with E-state index in [-0.39, 0.29) is 6.10 Å². The Morgan fingerprint density at radius 3 is 3.24 bits per heavy atom. The zero-order chi connectivity index (χ0) is 11.5. The first kappa shape index (κ1) is 11.1. The van der Waals surface area contributed by atoms with Crippen molar-refractivity contribution in [1.82, 2.24) is 5.32 Å². The molecule has 2 heterocycles. The van der Waals surface area contributed by atoms with Gasteiger partial charge in [0, 0.05) is 18.7 Å². The highest BCUT2D eigenvalue weighted by Crippen LogP contribution is 2.27. The Balaban J connectivity index is 1.77. The van der Waals surface area contributed by atoms with Crippen LogP contribution in [0.15, 0.2) is 18.2 Å². The Hall–Kier alpha value is -1.06. The summed E-state index contributed by atoms with van der Waals surface area (Å²) >= 11 is 0. The van der Waals surface area contributed by atoms with E-state index in [0.717, 1.165) is 51.3 Å². The molecule has 1 saturated heterocycles. The largest absolute Gasteiger partial charge is 0.488 e. The molecule has 2 aliphatic heterocycles. The van der Waals surface area contributed by atoms with E-state index in [1.165, 1.54) is 11.1 Å². The molecule has 0 saturated carbocycles. The fourth-order valence-corrected chi connectivity index (χ4v) is 2.58. The lowest BCUT2D eigenvalue weighted by Gasteiger charge is -2.26. The number of benzene rings is 1. The number of hydrogen-bond acceptors (Lipinski definition) is 3. The smallest absolute Gasteiger partial charge is 0.124 e. The van der Waals surface area contributed by atoms with Crippen molar-refractivity contribution in [2.45, 2.75) is 31.9 Å². The molecular weight excluding hydrogens is 214 g/mol. The SMILES string of the molecule is c1cc2c(c(OC3CCCOC3)c1)CNCC2. The number of rotatable bonds is 2. The monoisotopic (exact) mass is 233 g/mol. The minimum absolute atomic E-state index is 0.233. The van der Waals surface area contributed by atoms with Crippen molar-refractivity contribution in [3.63, 3.8) is 0 Å². The van der Waals surface area contributed by atoms with Gasteiger partial charge < -0.3 is 14.8 Å². The first-order valence-corrected chi connectivity index (χ1v) is 6.49. The van der Waals surface area contributed by atoms with Crippen LogP contribution >= 0.6 is 0 Å². The normalized spacial score (nSPS) is 24.1. The molecule has 0 spiro atoms. The zero-order valence-corrected chi connectivity index (χ0v) is 10.1. The van der Waals surface area contributed by atoms with Gasteiger partial charge in [0.2, 0.25) is 0 Å². The molecule has 3 heteroatoms. The Labute approximate surface area is 102 Å². The molecule has 1 N–H and O–H groups in total. The highest BCUT2D eigenvalue weighted by Gasteiger charge is 2.19. The predicted molar refractivity (Wildman–Crippen MR) is 66.3 cm³/mol. The summed E-state index contributed by atoms with van der Waals surface area (Å²) in [6.07, 6.45) is 3.56. The Bertz CT molecular complexity index is 386. The highest BCUT2D eigenvalue weighted by atomic mass is 16.5. The zero-order valence-electron chi connectivity index (χ0n) is 10.1. The fraction of sp³-hybridized carbons (Fsp3) is 0.571. The van der Waals surface area contributed by atoms with Crippen LogP contribution in [-0.2, 0) is 17.7 Å². The molecule has 1 aromatic rings. The lowest BCUT2D eigenvalue weighted by molar-refractivity contribution is 0.00692. The molecule has 0 amide bonds. The van der Waals surface area contributed by atoms with Crippen molar-refractivity contribution >= 4 is 0 Å². The van der Waals surface area contributed by atoms with Crippen LogP contribution in [0.5, 0.6) is 5.75 Å². The van der Waals surface area contributed by atoms with Crippen molar-refractivity contribution in [1.29, 1.82) is 0 Å². The molecule has 92 valence electrons. The molecule has 0 aromatic heterocycles. The van der Waals surface area contributed by atoms with E-state index in [1.807, 2.05) is 0 Å². The van der Waals surface area contributed by atoms with E-state index in [0.29, 0.717) is 0 Å². The lowest BCUT2D eigenvalue weighted by Crippen LogP contribution is -2.30. The fourth-order valence-electron chi connectivity index (χ4n) is 2.58. The predicted octanol–water partition coefficient (Wildman–Crippen LogP) is 1.89. The van der Waals surface area contributed by atoms with E-state index in [4.69, 9.17) is 9.47 Å². The molecule has 3 rings (SSSR count). The Morgan fingerprint density at radius 2 is 2.35 bits per heavy atom. The third-order valence-electron chi connectivity index (χ3n) is 3.52. The first-order valence-electron chi connectivity index (χ1n) is 6.49. The van der Waals surface area contributed by atoms with Crippen LogP contribution in [0.25, 0.3) is 0 Å². The van der Waals surface area contributed by atoms with E-state index < -0.39 is 0 Å². The van der Waals surface area contributed by atoms with E-state index >= 15 is 0 Å². The van der Waals surface area contributed by atoms with Gasteiger partial charge in [-0.3, -0.25) is 0 Å². The van der Waals surface area contributed by atoms with Gasteiger partial charge in [0.1, 0.15) is 11.9 Å². The Kier molecular flexibility index (Phi) is 3.29. The van der Waals surface area contributed by atoms with Crippen LogP contribution in [0.1, 0.15) is 24.0 Å². The van der Waals surface area contributed by atoms with Gasteiger partial charge in [0.05, 0.1) is 6.61 Å². The summed E-state index contributed by atoms with van der Waals surface area (Å²) < 4.78 is 11.5. The summed E-state index contributed by atoms with van der Waals surface area (Å²) in [6.45, 7) is 3.62. The van der Waals surface area contributed by atoms with E-state index in [9.17, 15) is 0 Å². The van der Waals surface area contributed by atoms with Crippen LogP contribution in [-0.4, -0.2) is 25.9 Å². The second-order valence-electron chi connectivity index (χ2n) is 4.78. The lowest BCUT2D eigenvalue weighted by atomic mass is 10.00. The molecule has 1 fully saturated rings. The second kappa shape index (κ2) is 5.07. The Morgan fingerprint density at radius 1 is 1.35 bits per heavy atom. The van der Waals surface area contributed by atoms with Gasteiger partial charge in [-0.05, 0) is 37.4 Å². The molecule has 17 heavy (non-hydrogen) atoms. The van der Waals surface area contributed by atoms with Crippen molar-refractivity contribution in [3.05, 3.63) is 29.3 Å². The average molecular weight is 233 g/mol. The minimum atomic E-state index is 0.233. The molecule has 1 atom stereocenters. The quantitative estimate of drug-likeness (QED) is 0.846.